The minimum atomic E-state index is 0.559. The molecular formula is C9H13N3. The van der Waals surface area contributed by atoms with E-state index in [1.807, 2.05) is 26.0 Å². The average Bonchev–Trinajstić information content (AvgIpc) is 1.94. The Labute approximate surface area is 72.3 Å². The van der Waals surface area contributed by atoms with Crippen LogP contribution in [0.15, 0.2) is 17.1 Å². The van der Waals surface area contributed by atoms with Gasteiger partial charge in [-0.3, -0.25) is 4.98 Å². The third-order valence-electron chi connectivity index (χ3n) is 1.49. The Morgan fingerprint density at radius 2 is 2.08 bits per heavy atom. The van der Waals surface area contributed by atoms with Gasteiger partial charge in [0.25, 0.3) is 0 Å². The maximum Gasteiger partial charge on any atom is 0.0965 e. The number of nitrogens with zero attached hydrogens (tertiary/aromatic N) is 2. The van der Waals surface area contributed by atoms with Crippen LogP contribution < -0.4 is 5.73 Å². The van der Waals surface area contributed by atoms with Crippen molar-refractivity contribution in [3.05, 3.63) is 23.5 Å². The van der Waals surface area contributed by atoms with Crippen LogP contribution in [0.1, 0.15) is 18.3 Å². The molecule has 64 valence electrons. The monoisotopic (exact) mass is 163 g/mol. The average molecular weight is 163 g/mol. The van der Waals surface area contributed by atoms with E-state index in [9.17, 15) is 0 Å². The van der Waals surface area contributed by atoms with E-state index in [1.165, 1.54) is 0 Å². The number of nitrogens with two attached hydrogens (primary N) is 1. The molecule has 0 spiro atoms. The second-order valence-electron chi connectivity index (χ2n) is 2.81. The van der Waals surface area contributed by atoms with Crippen molar-refractivity contribution in [3.63, 3.8) is 0 Å². The van der Waals surface area contributed by atoms with Crippen molar-refractivity contribution in [3.8, 4) is 0 Å². The van der Waals surface area contributed by atoms with E-state index in [2.05, 4.69) is 9.98 Å². The summed E-state index contributed by atoms with van der Waals surface area (Å²) in [6.07, 6.45) is 0. The number of rotatable bonds is 1. The highest BCUT2D eigenvalue weighted by atomic mass is 14.9. The molecule has 3 heteroatoms. The lowest BCUT2D eigenvalue weighted by Gasteiger charge is -2.00. The molecule has 0 radical (unpaired) electrons. The van der Waals surface area contributed by atoms with Gasteiger partial charge in [0.2, 0.25) is 0 Å². The summed E-state index contributed by atoms with van der Waals surface area (Å²) in [7, 11) is 0. The molecule has 1 aromatic rings. The second-order valence-corrected chi connectivity index (χ2v) is 2.81. The Morgan fingerprint density at radius 1 is 1.42 bits per heavy atom. The molecule has 0 aliphatic heterocycles. The number of amidine groups is 1. The lowest BCUT2D eigenvalue weighted by atomic mass is 10.3. The van der Waals surface area contributed by atoms with Gasteiger partial charge < -0.3 is 5.73 Å². The van der Waals surface area contributed by atoms with E-state index in [-0.39, 0.29) is 0 Å². The van der Waals surface area contributed by atoms with Crippen molar-refractivity contribution in [2.45, 2.75) is 20.8 Å². The van der Waals surface area contributed by atoms with Crippen LogP contribution in [0.3, 0.4) is 0 Å². The lowest BCUT2D eigenvalue weighted by molar-refractivity contribution is 1.11. The molecule has 0 saturated heterocycles. The molecule has 0 fully saturated rings. The molecule has 0 aliphatic rings. The first-order valence-corrected chi connectivity index (χ1v) is 3.84. The lowest BCUT2D eigenvalue weighted by Crippen LogP contribution is -2.04. The molecular weight excluding hydrogens is 150 g/mol. The van der Waals surface area contributed by atoms with Crippen LogP contribution in [-0.4, -0.2) is 10.8 Å². The fourth-order valence-electron chi connectivity index (χ4n) is 0.987. The van der Waals surface area contributed by atoms with Crippen LogP contribution in [0, 0.1) is 13.8 Å². The van der Waals surface area contributed by atoms with Gasteiger partial charge in [0, 0.05) is 5.69 Å². The van der Waals surface area contributed by atoms with Crippen LogP contribution >= 0.6 is 0 Å². The van der Waals surface area contributed by atoms with E-state index in [0.29, 0.717) is 5.84 Å². The molecule has 1 heterocycles. The van der Waals surface area contributed by atoms with E-state index >= 15 is 0 Å². The molecule has 0 unspecified atom stereocenters. The quantitative estimate of drug-likeness (QED) is 0.506. The molecule has 1 rings (SSSR count). The predicted octanol–water partition coefficient (Wildman–Crippen LogP) is 1.71. The molecule has 1 aromatic heterocycles. The van der Waals surface area contributed by atoms with Gasteiger partial charge in [0.05, 0.1) is 17.2 Å². The normalized spacial score (nSPS) is 11.8. The van der Waals surface area contributed by atoms with E-state index < -0.39 is 0 Å². The standard InChI is InChI=1S/C9H13N3/c1-6-4-5-9(7(2)11-6)12-8(3)10/h4-5H,1-3H3,(H2,10,12). The Hall–Kier alpha value is -1.38. The Bertz CT molecular complexity index is 312. The van der Waals surface area contributed by atoms with Crippen molar-refractivity contribution >= 4 is 11.5 Å². The smallest absolute Gasteiger partial charge is 0.0965 e. The summed E-state index contributed by atoms with van der Waals surface area (Å²) in [5.74, 6) is 0.559. The first-order valence-electron chi connectivity index (χ1n) is 3.84. The Kier molecular flexibility index (Phi) is 2.43. The predicted molar refractivity (Wildman–Crippen MR) is 50.7 cm³/mol. The van der Waals surface area contributed by atoms with Gasteiger partial charge in [0.15, 0.2) is 0 Å². The van der Waals surface area contributed by atoms with Gasteiger partial charge >= 0.3 is 0 Å². The van der Waals surface area contributed by atoms with Gasteiger partial charge in [-0.1, -0.05) is 0 Å². The van der Waals surface area contributed by atoms with E-state index in [4.69, 9.17) is 5.73 Å². The summed E-state index contributed by atoms with van der Waals surface area (Å²) in [4.78, 5) is 8.40. The summed E-state index contributed by atoms with van der Waals surface area (Å²) >= 11 is 0. The number of hydrogen-bond acceptors (Lipinski definition) is 2. The number of aliphatic imine (C=N–C) groups is 1. The minimum Gasteiger partial charge on any atom is -0.387 e. The second kappa shape index (κ2) is 3.34. The van der Waals surface area contributed by atoms with Gasteiger partial charge in [-0.2, -0.15) is 0 Å². The largest absolute Gasteiger partial charge is 0.387 e. The third kappa shape index (κ3) is 2.05. The molecule has 3 nitrogen and oxygen atoms in total. The number of pyridine rings is 1. The molecule has 0 aliphatic carbocycles. The Balaban J connectivity index is 3.10. The highest BCUT2D eigenvalue weighted by molar-refractivity contribution is 5.80. The van der Waals surface area contributed by atoms with Crippen molar-refractivity contribution in [1.82, 2.24) is 4.98 Å². The molecule has 0 aromatic carbocycles. The van der Waals surface area contributed by atoms with Crippen LogP contribution in [0.4, 0.5) is 5.69 Å². The SMILES string of the molecule is CC(N)=Nc1ccc(C)nc1C. The zero-order valence-corrected chi connectivity index (χ0v) is 7.63. The molecule has 12 heavy (non-hydrogen) atoms. The first kappa shape index (κ1) is 8.71. The van der Waals surface area contributed by atoms with Gasteiger partial charge in [-0.15, -0.1) is 0 Å². The summed E-state index contributed by atoms with van der Waals surface area (Å²) in [6.45, 7) is 5.64. The fourth-order valence-corrected chi connectivity index (χ4v) is 0.987. The number of aryl methyl sites for hydroxylation is 2. The maximum atomic E-state index is 5.45. The van der Waals surface area contributed by atoms with Crippen molar-refractivity contribution in [2.75, 3.05) is 0 Å². The van der Waals surface area contributed by atoms with Crippen molar-refractivity contribution < 1.29 is 0 Å². The highest BCUT2D eigenvalue weighted by Gasteiger charge is 1.96. The molecule has 0 saturated carbocycles. The summed E-state index contributed by atoms with van der Waals surface area (Å²) in [5, 5.41) is 0. The molecule has 0 atom stereocenters. The number of aromatic nitrogens is 1. The zero-order valence-electron chi connectivity index (χ0n) is 7.63. The summed E-state index contributed by atoms with van der Waals surface area (Å²) in [5.41, 5.74) is 8.22. The van der Waals surface area contributed by atoms with Crippen molar-refractivity contribution in [2.24, 2.45) is 10.7 Å². The van der Waals surface area contributed by atoms with E-state index in [0.717, 1.165) is 17.1 Å². The first-order chi connectivity index (χ1) is 5.59. The minimum absolute atomic E-state index is 0.559. The van der Waals surface area contributed by atoms with Crippen molar-refractivity contribution in [1.29, 1.82) is 0 Å². The van der Waals surface area contributed by atoms with Gasteiger partial charge in [-0.05, 0) is 32.9 Å². The Morgan fingerprint density at radius 3 is 2.58 bits per heavy atom. The van der Waals surface area contributed by atoms with Crippen LogP contribution in [0.5, 0.6) is 0 Å². The summed E-state index contributed by atoms with van der Waals surface area (Å²) in [6, 6.07) is 3.85. The summed E-state index contributed by atoms with van der Waals surface area (Å²) < 4.78 is 0. The van der Waals surface area contributed by atoms with Crippen LogP contribution in [0.25, 0.3) is 0 Å². The third-order valence-corrected chi connectivity index (χ3v) is 1.49. The zero-order chi connectivity index (χ0) is 9.14. The fraction of sp³-hybridized carbons (Fsp3) is 0.333. The van der Waals surface area contributed by atoms with Crippen LogP contribution in [-0.2, 0) is 0 Å². The van der Waals surface area contributed by atoms with E-state index in [1.54, 1.807) is 6.92 Å². The van der Waals surface area contributed by atoms with Gasteiger partial charge in [0.1, 0.15) is 0 Å². The topological polar surface area (TPSA) is 51.3 Å². The number of hydrogen-bond donors (Lipinski definition) is 1. The van der Waals surface area contributed by atoms with Gasteiger partial charge in [-0.25, -0.2) is 4.99 Å². The van der Waals surface area contributed by atoms with Crippen LogP contribution in [0.2, 0.25) is 0 Å². The molecule has 2 N–H and O–H groups in total. The highest BCUT2D eigenvalue weighted by Crippen LogP contribution is 2.15. The molecule has 0 amide bonds. The molecule has 0 bridgehead atoms. The maximum absolute atomic E-state index is 5.45.